The highest BCUT2D eigenvalue weighted by Gasteiger charge is 2.34. The van der Waals surface area contributed by atoms with E-state index in [-0.39, 0.29) is 0 Å². The minimum atomic E-state index is 0.495. The molecule has 1 aromatic rings. The Labute approximate surface area is 130 Å². The van der Waals surface area contributed by atoms with Crippen LogP contribution in [0.1, 0.15) is 76.7 Å². The third-order valence-corrected chi connectivity index (χ3v) is 5.94. The van der Waals surface area contributed by atoms with Crippen LogP contribution < -0.4 is 5.32 Å². The Morgan fingerprint density at radius 3 is 2.29 bits per heavy atom. The van der Waals surface area contributed by atoms with E-state index in [9.17, 15) is 0 Å². The van der Waals surface area contributed by atoms with E-state index in [1.54, 1.807) is 5.56 Å². The van der Waals surface area contributed by atoms with E-state index >= 15 is 0 Å². The standard InChI is InChI=1S/C20H31N/c1-20(2)15-7-6-10-19(20)21-18-13-11-17(12-14-18)16-8-4-3-5-9-16/h3-5,8-9,17-19,21H,6-7,10-15H2,1-2H3. The third-order valence-electron chi connectivity index (χ3n) is 5.94. The van der Waals surface area contributed by atoms with Gasteiger partial charge in [0.15, 0.2) is 0 Å². The topological polar surface area (TPSA) is 12.0 Å². The molecule has 21 heavy (non-hydrogen) atoms. The Balaban J connectivity index is 1.52. The fourth-order valence-electron chi connectivity index (χ4n) is 4.41. The summed E-state index contributed by atoms with van der Waals surface area (Å²) in [6.07, 6.45) is 11.0. The van der Waals surface area contributed by atoms with E-state index < -0.39 is 0 Å². The molecule has 0 spiro atoms. The molecule has 0 bridgehead atoms. The van der Waals surface area contributed by atoms with Crippen molar-refractivity contribution in [1.29, 1.82) is 0 Å². The summed E-state index contributed by atoms with van der Waals surface area (Å²) < 4.78 is 0. The monoisotopic (exact) mass is 285 g/mol. The number of nitrogens with one attached hydrogen (secondary N) is 1. The van der Waals surface area contributed by atoms with Gasteiger partial charge >= 0.3 is 0 Å². The Bertz CT molecular complexity index is 428. The minimum Gasteiger partial charge on any atom is -0.311 e. The van der Waals surface area contributed by atoms with E-state index in [0.29, 0.717) is 5.41 Å². The lowest BCUT2D eigenvalue weighted by atomic mass is 9.72. The molecule has 1 unspecified atom stereocenters. The fourth-order valence-corrected chi connectivity index (χ4v) is 4.41. The molecule has 0 aromatic heterocycles. The normalized spacial score (nSPS) is 32.8. The van der Waals surface area contributed by atoms with Crippen molar-refractivity contribution in [2.24, 2.45) is 5.41 Å². The number of rotatable bonds is 3. The molecule has 0 saturated heterocycles. The number of benzene rings is 1. The van der Waals surface area contributed by atoms with Crippen LogP contribution in [-0.2, 0) is 0 Å². The van der Waals surface area contributed by atoms with E-state index in [4.69, 9.17) is 0 Å². The van der Waals surface area contributed by atoms with Gasteiger partial charge in [-0.05, 0) is 55.4 Å². The van der Waals surface area contributed by atoms with Gasteiger partial charge < -0.3 is 5.32 Å². The molecule has 2 aliphatic rings. The predicted octanol–water partition coefficient (Wildman–Crippen LogP) is 5.27. The summed E-state index contributed by atoms with van der Waals surface area (Å²) in [7, 11) is 0. The van der Waals surface area contributed by atoms with Crippen LogP contribution in [0, 0.1) is 5.41 Å². The summed E-state index contributed by atoms with van der Waals surface area (Å²) in [6, 6.07) is 12.6. The summed E-state index contributed by atoms with van der Waals surface area (Å²) in [5.74, 6) is 0.795. The SMILES string of the molecule is CC1(C)CCCCC1NC1CCC(c2ccccc2)CC1. The smallest absolute Gasteiger partial charge is 0.0121 e. The molecule has 1 aromatic carbocycles. The summed E-state index contributed by atoms with van der Waals surface area (Å²) in [6.45, 7) is 4.92. The van der Waals surface area contributed by atoms with Crippen molar-refractivity contribution in [1.82, 2.24) is 5.32 Å². The van der Waals surface area contributed by atoms with Crippen molar-refractivity contribution in [2.45, 2.75) is 83.2 Å². The molecule has 2 aliphatic carbocycles. The Kier molecular flexibility index (Phi) is 4.69. The van der Waals surface area contributed by atoms with Gasteiger partial charge in [-0.25, -0.2) is 0 Å². The molecule has 1 N–H and O–H groups in total. The molecule has 0 heterocycles. The first-order valence-corrected chi connectivity index (χ1v) is 8.96. The maximum atomic E-state index is 4.02. The van der Waals surface area contributed by atoms with Crippen molar-refractivity contribution >= 4 is 0 Å². The van der Waals surface area contributed by atoms with Gasteiger partial charge in [-0.1, -0.05) is 57.0 Å². The Hall–Kier alpha value is -0.820. The maximum Gasteiger partial charge on any atom is 0.0121 e. The van der Waals surface area contributed by atoms with E-state index in [1.165, 1.54) is 51.4 Å². The van der Waals surface area contributed by atoms with Crippen LogP contribution in [0.5, 0.6) is 0 Å². The van der Waals surface area contributed by atoms with Crippen LogP contribution in [0.2, 0.25) is 0 Å². The van der Waals surface area contributed by atoms with Crippen molar-refractivity contribution < 1.29 is 0 Å². The van der Waals surface area contributed by atoms with Gasteiger partial charge in [0.2, 0.25) is 0 Å². The highest BCUT2D eigenvalue weighted by atomic mass is 15.0. The van der Waals surface area contributed by atoms with Crippen LogP contribution in [0.25, 0.3) is 0 Å². The summed E-state index contributed by atoms with van der Waals surface area (Å²) in [5.41, 5.74) is 2.04. The lowest BCUT2D eigenvalue weighted by Crippen LogP contribution is -2.49. The van der Waals surface area contributed by atoms with Crippen LogP contribution in [0.15, 0.2) is 30.3 Å². The van der Waals surface area contributed by atoms with Gasteiger partial charge in [0.1, 0.15) is 0 Å². The van der Waals surface area contributed by atoms with Gasteiger partial charge in [-0.15, -0.1) is 0 Å². The summed E-state index contributed by atoms with van der Waals surface area (Å²) >= 11 is 0. The zero-order valence-electron chi connectivity index (χ0n) is 13.8. The van der Waals surface area contributed by atoms with Crippen LogP contribution in [-0.4, -0.2) is 12.1 Å². The van der Waals surface area contributed by atoms with Gasteiger partial charge in [0.05, 0.1) is 0 Å². The summed E-state index contributed by atoms with van der Waals surface area (Å²) in [5, 5.41) is 4.02. The molecule has 0 radical (unpaired) electrons. The fraction of sp³-hybridized carbons (Fsp3) is 0.700. The maximum absolute atomic E-state index is 4.02. The first kappa shape index (κ1) is 15.1. The van der Waals surface area contributed by atoms with Gasteiger partial charge in [0, 0.05) is 12.1 Å². The second-order valence-corrected chi connectivity index (χ2v) is 7.91. The second kappa shape index (κ2) is 6.52. The quantitative estimate of drug-likeness (QED) is 0.797. The van der Waals surface area contributed by atoms with Gasteiger partial charge in [-0.3, -0.25) is 0 Å². The van der Waals surface area contributed by atoms with E-state index in [0.717, 1.165) is 18.0 Å². The van der Waals surface area contributed by atoms with E-state index in [2.05, 4.69) is 49.5 Å². The van der Waals surface area contributed by atoms with E-state index in [1.807, 2.05) is 0 Å². The molecule has 1 atom stereocenters. The average molecular weight is 285 g/mol. The molecule has 3 rings (SSSR count). The van der Waals surface area contributed by atoms with Crippen molar-refractivity contribution in [3.8, 4) is 0 Å². The van der Waals surface area contributed by atoms with Gasteiger partial charge in [-0.2, -0.15) is 0 Å². The minimum absolute atomic E-state index is 0.495. The first-order chi connectivity index (χ1) is 10.1. The molecular weight excluding hydrogens is 254 g/mol. The molecule has 0 amide bonds. The zero-order valence-corrected chi connectivity index (χ0v) is 13.8. The average Bonchev–Trinajstić information content (AvgIpc) is 2.51. The van der Waals surface area contributed by atoms with Crippen molar-refractivity contribution in [3.05, 3.63) is 35.9 Å². The predicted molar refractivity (Wildman–Crippen MR) is 90.6 cm³/mol. The molecule has 2 saturated carbocycles. The lowest BCUT2D eigenvalue weighted by molar-refractivity contribution is 0.144. The van der Waals surface area contributed by atoms with Crippen LogP contribution >= 0.6 is 0 Å². The number of hydrogen-bond acceptors (Lipinski definition) is 1. The second-order valence-electron chi connectivity index (χ2n) is 7.91. The van der Waals surface area contributed by atoms with Crippen molar-refractivity contribution in [2.75, 3.05) is 0 Å². The Morgan fingerprint density at radius 1 is 0.905 bits per heavy atom. The van der Waals surface area contributed by atoms with Crippen LogP contribution in [0.3, 0.4) is 0 Å². The molecule has 1 nitrogen and oxygen atoms in total. The van der Waals surface area contributed by atoms with Gasteiger partial charge in [0.25, 0.3) is 0 Å². The largest absolute Gasteiger partial charge is 0.311 e. The molecule has 1 heteroatoms. The molecule has 116 valence electrons. The zero-order chi connectivity index (χ0) is 14.7. The first-order valence-electron chi connectivity index (χ1n) is 8.96. The number of hydrogen-bond donors (Lipinski definition) is 1. The Morgan fingerprint density at radius 2 is 1.62 bits per heavy atom. The lowest BCUT2D eigenvalue weighted by Gasteiger charge is -2.42. The molecular formula is C20H31N. The van der Waals surface area contributed by atoms with Crippen LogP contribution in [0.4, 0.5) is 0 Å². The summed E-state index contributed by atoms with van der Waals surface area (Å²) in [4.78, 5) is 0. The molecule has 0 aliphatic heterocycles. The third kappa shape index (κ3) is 3.69. The van der Waals surface area contributed by atoms with Crippen molar-refractivity contribution in [3.63, 3.8) is 0 Å². The molecule has 2 fully saturated rings. The highest BCUT2D eigenvalue weighted by Crippen LogP contribution is 2.38. The highest BCUT2D eigenvalue weighted by molar-refractivity contribution is 5.20.